The number of methoxy groups -OCH3 is 2. The summed E-state index contributed by atoms with van der Waals surface area (Å²) in [6, 6.07) is 7.60. The van der Waals surface area contributed by atoms with Crippen LogP contribution in [-0.2, 0) is 21.4 Å². The molecule has 29 heavy (non-hydrogen) atoms. The molecule has 1 aromatic carbocycles. The normalized spacial score (nSPS) is 14.6. The third kappa shape index (κ3) is 4.43. The summed E-state index contributed by atoms with van der Waals surface area (Å²) >= 11 is 0. The number of ether oxygens (including phenoxy) is 2. The number of nitrogens with one attached hydrogen (secondary N) is 1. The highest BCUT2D eigenvalue weighted by Crippen LogP contribution is 2.29. The summed E-state index contributed by atoms with van der Waals surface area (Å²) in [5, 5.41) is 2.66. The Morgan fingerprint density at radius 2 is 1.79 bits per heavy atom. The quantitative estimate of drug-likeness (QED) is 0.722. The molecule has 1 aliphatic heterocycles. The summed E-state index contributed by atoms with van der Waals surface area (Å²) in [6.45, 7) is 0.476. The number of nitrogens with zero attached hydrogens (tertiary/aromatic N) is 2. The summed E-state index contributed by atoms with van der Waals surface area (Å²) in [7, 11) is -0.878. The van der Waals surface area contributed by atoms with Crippen molar-refractivity contribution in [3.05, 3.63) is 46.9 Å². The zero-order valence-corrected chi connectivity index (χ0v) is 17.1. The van der Waals surface area contributed by atoms with Gasteiger partial charge in [0.15, 0.2) is 11.5 Å². The lowest BCUT2D eigenvalue weighted by molar-refractivity contribution is -0.116. The van der Waals surface area contributed by atoms with Crippen molar-refractivity contribution >= 4 is 21.6 Å². The Morgan fingerprint density at radius 1 is 1.10 bits per heavy atom. The van der Waals surface area contributed by atoms with Gasteiger partial charge in [-0.1, -0.05) is 0 Å². The number of aromatic nitrogens is 1. The van der Waals surface area contributed by atoms with Gasteiger partial charge in [0.2, 0.25) is 15.9 Å². The average Bonchev–Trinajstić information content (AvgIpc) is 3.25. The molecule has 10 heteroatoms. The first kappa shape index (κ1) is 20.9. The summed E-state index contributed by atoms with van der Waals surface area (Å²) in [5.41, 5.74) is -0.261. The van der Waals surface area contributed by atoms with Crippen molar-refractivity contribution in [2.75, 3.05) is 32.6 Å². The molecule has 0 saturated carbocycles. The molecule has 0 bridgehead atoms. The Balaban J connectivity index is 1.79. The highest BCUT2D eigenvalue weighted by molar-refractivity contribution is 7.89. The maximum absolute atomic E-state index is 12.7. The fraction of sp³-hybridized carbons (Fsp3) is 0.368. The number of carbonyl (C=O) groups is 1. The highest BCUT2D eigenvalue weighted by atomic mass is 32.2. The van der Waals surface area contributed by atoms with E-state index in [1.54, 1.807) is 18.2 Å². The first-order chi connectivity index (χ1) is 13.9. The molecule has 0 spiro atoms. The third-order valence-electron chi connectivity index (χ3n) is 4.65. The number of sulfonamides is 1. The van der Waals surface area contributed by atoms with Gasteiger partial charge in [0.05, 0.1) is 14.2 Å². The SMILES string of the molecule is COc1ccc(NC(=O)Cn2cccc(S(=O)(=O)N3CCCC3)c2=O)cc1OC. The van der Waals surface area contributed by atoms with Gasteiger partial charge in [0, 0.05) is 31.0 Å². The van der Waals surface area contributed by atoms with Crippen molar-refractivity contribution in [1.82, 2.24) is 8.87 Å². The molecule has 9 nitrogen and oxygen atoms in total. The molecule has 0 radical (unpaired) electrons. The third-order valence-corrected chi connectivity index (χ3v) is 6.56. The van der Waals surface area contributed by atoms with Crippen LogP contribution < -0.4 is 20.3 Å². The fourth-order valence-electron chi connectivity index (χ4n) is 3.17. The molecule has 1 saturated heterocycles. The van der Waals surface area contributed by atoms with E-state index >= 15 is 0 Å². The minimum absolute atomic E-state index is 0.319. The molecule has 0 unspecified atom stereocenters. The Bertz CT molecular complexity index is 1060. The van der Waals surface area contributed by atoms with E-state index in [1.165, 1.54) is 36.9 Å². The first-order valence-corrected chi connectivity index (χ1v) is 10.5. The van der Waals surface area contributed by atoms with Crippen molar-refractivity contribution in [2.24, 2.45) is 0 Å². The number of carbonyl (C=O) groups excluding carboxylic acids is 1. The van der Waals surface area contributed by atoms with Crippen LogP contribution in [0.25, 0.3) is 0 Å². The van der Waals surface area contributed by atoms with Gasteiger partial charge < -0.3 is 19.4 Å². The molecule has 0 atom stereocenters. The topological polar surface area (TPSA) is 107 Å². The fourth-order valence-corrected chi connectivity index (χ4v) is 4.78. The summed E-state index contributed by atoms with van der Waals surface area (Å²) in [5.74, 6) is 0.484. The van der Waals surface area contributed by atoms with Crippen molar-refractivity contribution in [3.63, 3.8) is 0 Å². The lowest BCUT2D eigenvalue weighted by Gasteiger charge is -2.16. The number of hydrogen-bond acceptors (Lipinski definition) is 6. The van der Waals surface area contributed by atoms with E-state index in [9.17, 15) is 18.0 Å². The number of hydrogen-bond donors (Lipinski definition) is 1. The Morgan fingerprint density at radius 3 is 2.45 bits per heavy atom. The summed E-state index contributed by atoms with van der Waals surface area (Å²) in [4.78, 5) is 24.8. The van der Waals surface area contributed by atoms with Crippen LogP contribution in [0.2, 0.25) is 0 Å². The second-order valence-electron chi connectivity index (χ2n) is 6.53. The van der Waals surface area contributed by atoms with Crippen molar-refractivity contribution in [2.45, 2.75) is 24.3 Å². The minimum Gasteiger partial charge on any atom is -0.493 e. The van der Waals surface area contributed by atoms with Crippen LogP contribution >= 0.6 is 0 Å². The van der Waals surface area contributed by atoms with Gasteiger partial charge in [-0.2, -0.15) is 4.31 Å². The number of amides is 1. The molecule has 3 rings (SSSR count). The maximum Gasteiger partial charge on any atom is 0.271 e. The second kappa shape index (κ2) is 8.66. The molecule has 1 fully saturated rings. The maximum atomic E-state index is 12.7. The zero-order valence-electron chi connectivity index (χ0n) is 16.3. The van der Waals surface area contributed by atoms with E-state index in [2.05, 4.69) is 5.32 Å². The molecular formula is C19H23N3O6S. The summed E-state index contributed by atoms with van der Waals surface area (Å²) in [6.07, 6.45) is 2.93. The molecule has 1 amide bonds. The smallest absolute Gasteiger partial charge is 0.271 e. The second-order valence-corrected chi connectivity index (χ2v) is 8.44. The lowest BCUT2D eigenvalue weighted by Crippen LogP contribution is -2.36. The van der Waals surface area contributed by atoms with Gasteiger partial charge in [-0.3, -0.25) is 9.59 Å². The van der Waals surface area contributed by atoms with Gasteiger partial charge in [0.1, 0.15) is 11.4 Å². The van der Waals surface area contributed by atoms with Gasteiger partial charge in [0.25, 0.3) is 5.56 Å². The van der Waals surface area contributed by atoms with Gasteiger partial charge in [-0.05, 0) is 37.1 Å². The van der Waals surface area contributed by atoms with Crippen LogP contribution in [0.3, 0.4) is 0 Å². The van der Waals surface area contributed by atoms with Crippen molar-refractivity contribution in [1.29, 1.82) is 0 Å². The predicted octanol–water partition coefficient (Wildman–Crippen LogP) is 1.29. The molecule has 1 N–H and O–H groups in total. The van der Waals surface area contributed by atoms with E-state index in [0.717, 1.165) is 17.4 Å². The van der Waals surface area contributed by atoms with Crippen LogP contribution in [0.4, 0.5) is 5.69 Å². The highest BCUT2D eigenvalue weighted by Gasteiger charge is 2.30. The first-order valence-electron chi connectivity index (χ1n) is 9.08. The number of rotatable bonds is 7. The van der Waals surface area contributed by atoms with Crippen LogP contribution in [0.1, 0.15) is 12.8 Å². The number of pyridine rings is 1. The van der Waals surface area contributed by atoms with Crippen molar-refractivity contribution in [3.8, 4) is 11.5 Å². The number of benzene rings is 1. The largest absolute Gasteiger partial charge is 0.493 e. The van der Waals surface area contributed by atoms with E-state index in [0.29, 0.717) is 30.3 Å². The molecule has 156 valence electrons. The number of anilines is 1. The molecule has 2 heterocycles. The van der Waals surface area contributed by atoms with E-state index in [1.807, 2.05) is 0 Å². The van der Waals surface area contributed by atoms with E-state index in [4.69, 9.17) is 9.47 Å². The van der Waals surface area contributed by atoms with Gasteiger partial charge in [-0.15, -0.1) is 0 Å². The molecule has 1 aromatic heterocycles. The molecule has 2 aromatic rings. The monoisotopic (exact) mass is 421 g/mol. The summed E-state index contributed by atoms with van der Waals surface area (Å²) < 4.78 is 38.1. The molecule has 0 aliphatic carbocycles. The zero-order chi connectivity index (χ0) is 21.0. The van der Waals surface area contributed by atoms with Gasteiger partial charge in [-0.25, -0.2) is 8.42 Å². The van der Waals surface area contributed by atoms with E-state index in [-0.39, 0.29) is 11.4 Å². The Labute approximate surface area is 168 Å². The Kier molecular flexibility index (Phi) is 6.23. The predicted molar refractivity (Wildman–Crippen MR) is 107 cm³/mol. The van der Waals surface area contributed by atoms with Crippen LogP contribution in [0.5, 0.6) is 11.5 Å². The average molecular weight is 421 g/mol. The minimum atomic E-state index is -3.87. The van der Waals surface area contributed by atoms with Crippen LogP contribution in [-0.4, -0.2) is 50.5 Å². The van der Waals surface area contributed by atoms with Crippen LogP contribution in [0, 0.1) is 0 Å². The van der Waals surface area contributed by atoms with E-state index < -0.39 is 21.5 Å². The van der Waals surface area contributed by atoms with Gasteiger partial charge >= 0.3 is 0 Å². The molecular weight excluding hydrogens is 398 g/mol. The van der Waals surface area contributed by atoms with Crippen molar-refractivity contribution < 1.29 is 22.7 Å². The Hall–Kier alpha value is -2.85. The lowest BCUT2D eigenvalue weighted by atomic mass is 10.2. The molecule has 1 aliphatic rings. The van der Waals surface area contributed by atoms with Crippen LogP contribution in [0.15, 0.2) is 46.2 Å². The standard InChI is InChI=1S/C19H23N3O6S/c1-27-15-8-7-14(12-16(15)28-2)20-18(23)13-21-9-5-6-17(19(21)24)29(25,26)22-10-3-4-11-22/h5-9,12H,3-4,10-11,13H2,1-2H3,(H,20,23).